The minimum atomic E-state index is -0.00619. The van der Waals surface area contributed by atoms with E-state index in [0.717, 1.165) is 47.0 Å². The molecule has 5 nitrogen and oxygen atoms in total. The van der Waals surface area contributed by atoms with Crippen LogP contribution in [0.4, 0.5) is 0 Å². The van der Waals surface area contributed by atoms with E-state index < -0.39 is 0 Å². The molecule has 0 aliphatic carbocycles. The van der Waals surface area contributed by atoms with E-state index in [0.29, 0.717) is 12.4 Å². The third kappa shape index (κ3) is 3.27. The molecule has 4 rings (SSSR count). The summed E-state index contributed by atoms with van der Waals surface area (Å²) < 4.78 is 0. The molecule has 0 radical (unpaired) electrons. The van der Waals surface area contributed by atoms with Gasteiger partial charge in [-0.15, -0.1) is 11.3 Å². The summed E-state index contributed by atoms with van der Waals surface area (Å²) in [6, 6.07) is 9.80. The highest BCUT2D eigenvalue weighted by molar-refractivity contribution is 7.11. The number of aryl methyl sites for hydroxylation is 2. The summed E-state index contributed by atoms with van der Waals surface area (Å²) in [7, 11) is 0. The molecule has 0 amide bonds. The maximum atomic E-state index is 12.5. The van der Waals surface area contributed by atoms with Gasteiger partial charge in [0.2, 0.25) is 0 Å². The van der Waals surface area contributed by atoms with Crippen LogP contribution in [0.3, 0.4) is 0 Å². The van der Waals surface area contributed by atoms with Crippen LogP contribution in [-0.2, 0) is 19.5 Å². The molecule has 128 valence electrons. The summed E-state index contributed by atoms with van der Waals surface area (Å²) in [5.74, 6) is 0.649. The van der Waals surface area contributed by atoms with Gasteiger partial charge in [-0.1, -0.05) is 30.3 Å². The summed E-state index contributed by atoms with van der Waals surface area (Å²) in [6.07, 6.45) is 0.740. The lowest BCUT2D eigenvalue weighted by molar-refractivity contribution is 0.242. The SMILES string of the molecule is Cc1nc(C)c(CN2CCc3c(nc(-c4ccccc4)[nH]c3=O)C2)s1. The topological polar surface area (TPSA) is 61.9 Å². The fraction of sp³-hybridized carbons (Fsp3) is 0.316. The van der Waals surface area contributed by atoms with Crippen LogP contribution in [0.1, 0.15) is 26.8 Å². The van der Waals surface area contributed by atoms with Crippen LogP contribution in [0.2, 0.25) is 0 Å². The van der Waals surface area contributed by atoms with Crippen molar-refractivity contribution in [3.63, 3.8) is 0 Å². The maximum absolute atomic E-state index is 12.5. The van der Waals surface area contributed by atoms with Crippen molar-refractivity contribution in [2.45, 2.75) is 33.4 Å². The van der Waals surface area contributed by atoms with Crippen LogP contribution >= 0.6 is 11.3 Å². The molecule has 0 saturated carbocycles. The first kappa shape index (κ1) is 16.2. The number of hydrogen-bond donors (Lipinski definition) is 1. The summed E-state index contributed by atoms with van der Waals surface area (Å²) in [6.45, 7) is 6.55. The summed E-state index contributed by atoms with van der Waals surface area (Å²) in [4.78, 5) is 28.3. The fourth-order valence-corrected chi connectivity index (χ4v) is 4.26. The number of benzene rings is 1. The molecule has 0 bridgehead atoms. The first-order chi connectivity index (χ1) is 12.1. The van der Waals surface area contributed by atoms with Gasteiger partial charge in [0.25, 0.3) is 5.56 Å². The molecule has 2 aromatic heterocycles. The van der Waals surface area contributed by atoms with Crippen molar-refractivity contribution in [1.82, 2.24) is 19.9 Å². The molecule has 3 heterocycles. The molecule has 3 aromatic rings. The van der Waals surface area contributed by atoms with E-state index in [-0.39, 0.29) is 5.56 Å². The van der Waals surface area contributed by atoms with Crippen molar-refractivity contribution >= 4 is 11.3 Å². The van der Waals surface area contributed by atoms with Gasteiger partial charge < -0.3 is 4.98 Å². The Hall–Kier alpha value is -2.31. The minimum absolute atomic E-state index is 0.00619. The highest BCUT2D eigenvalue weighted by atomic mass is 32.1. The van der Waals surface area contributed by atoms with E-state index in [1.165, 1.54) is 4.88 Å². The highest BCUT2D eigenvalue weighted by Crippen LogP contribution is 2.23. The average Bonchev–Trinajstić information content (AvgIpc) is 2.92. The van der Waals surface area contributed by atoms with Gasteiger partial charge in [0.05, 0.1) is 16.4 Å². The number of nitrogens with zero attached hydrogens (tertiary/aromatic N) is 3. The molecular formula is C19H20N4OS. The van der Waals surface area contributed by atoms with Crippen molar-refractivity contribution in [2.24, 2.45) is 0 Å². The first-order valence-corrected chi connectivity index (χ1v) is 9.24. The second-order valence-electron chi connectivity index (χ2n) is 6.41. The number of rotatable bonds is 3. The predicted octanol–water partition coefficient (Wildman–Crippen LogP) is 3.07. The number of H-pyrrole nitrogens is 1. The number of hydrogen-bond acceptors (Lipinski definition) is 5. The largest absolute Gasteiger partial charge is 0.306 e. The van der Waals surface area contributed by atoms with E-state index in [1.54, 1.807) is 11.3 Å². The lowest BCUT2D eigenvalue weighted by atomic mass is 10.1. The van der Waals surface area contributed by atoms with Crippen LogP contribution in [-0.4, -0.2) is 26.4 Å². The Morgan fingerprint density at radius 3 is 2.72 bits per heavy atom. The van der Waals surface area contributed by atoms with Gasteiger partial charge in [-0.3, -0.25) is 9.69 Å². The highest BCUT2D eigenvalue weighted by Gasteiger charge is 2.22. The molecular weight excluding hydrogens is 332 g/mol. The molecule has 25 heavy (non-hydrogen) atoms. The van der Waals surface area contributed by atoms with Crippen LogP contribution in [0.5, 0.6) is 0 Å². The number of thiazole rings is 1. The molecule has 0 spiro atoms. The number of nitrogens with one attached hydrogen (secondary N) is 1. The first-order valence-electron chi connectivity index (χ1n) is 8.43. The van der Waals surface area contributed by atoms with Crippen LogP contribution in [0.25, 0.3) is 11.4 Å². The smallest absolute Gasteiger partial charge is 0.254 e. The van der Waals surface area contributed by atoms with Crippen molar-refractivity contribution in [2.75, 3.05) is 6.54 Å². The van der Waals surface area contributed by atoms with Gasteiger partial charge in [0.15, 0.2) is 0 Å². The molecule has 0 unspecified atom stereocenters. The van der Waals surface area contributed by atoms with E-state index in [1.807, 2.05) is 37.3 Å². The Kier molecular flexibility index (Phi) is 4.23. The quantitative estimate of drug-likeness (QED) is 0.787. The van der Waals surface area contributed by atoms with Gasteiger partial charge in [0, 0.05) is 35.6 Å². The minimum Gasteiger partial charge on any atom is -0.306 e. The second kappa shape index (κ2) is 6.54. The van der Waals surface area contributed by atoms with Crippen LogP contribution < -0.4 is 5.56 Å². The fourth-order valence-electron chi connectivity index (χ4n) is 3.28. The summed E-state index contributed by atoms with van der Waals surface area (Å²) in [5.41, 5.74) is 3.76. The normalized spacial score (nSPS) is 14.5. The Labute approximate surface area is 150 Å². The van der Waals surface area contributed by atoms with Gasteiger partial charge >= 0.3 is 0 Å². The van der Waals surface area contributed by atoms with E-state index in [4.69, 9.17) is 4.98 Å². The number of fused-ring (bicyclic) bond motifs is 1. The standard InChI is InChI=1S/C19H20N4OS/c1-12-17(25-13(2)20-12)11-23-9-8-15-16(10-23)21-18(22-19(15)24)14-6-4-3-5-7-14/h3-7H,8-11H2,1-2H3,(H,21,22,24). The molecule has 1 N–H and O–H groups in total. The second-order valence-corrected chi connectivity index (χ2v) is 7.70. The Bertz CT molecular complexity index is 961. The molecule has 1 aliphatic rings. The van der Waals surface area contributed by atoms with Gasteiger partial charge in [-0.25, -0.2) is 9.97 Å². The van der Waals surface area contributed by atoms with Gasteiger partial charge in [0.1, 0.15) is 5.82 Å². The lowest BCUT2D eigenvalue weighted by Gasteiger charge is -2.27. The molecule has 6 heteroatoms. The zero-order valence-corrected chi connectivity index (χ0v) is 15.2. The lowest BCUT2D eigenvalue weighted by Crippen LogP contribution is -2.35. The Morgan fingerprint density at radius 2 is 2.00 bits per heavy atom. The van der Waals surface area contributed by atoms with E-state index >= 15 is 0 Å². The molecule has 0 fully saturated rings. The summed E-state index contributed by atoms with van der Waals surface area (Å²) >= 11 is 1.75. The van der Waals surface area contributed by atoms with Gasteiger partial charge in [-0.2, -0.15) is 0 Å². The Morgan fingerprint density at radius 1 is 1.20 bits per heavy atom. The zero-order valence-electron chi connectivity index (χ0n) is 14.4. The van der Waals surface area contributed by atoms with Crippen molar-refractivity contribution in [1.29, 1.82) is 0 Å². The molecule has 1 aliphatic heterocycles. The third-order valence-electron chi connectivity index (χ3n) is 4.57. The van der Waals surface area contributed by atoms with Crippen molar-refractivity contribution in [3.8, 4) is 11.4 Å². The van der Waals surface area contributed by atoms with E-state index in [9.17, 15) is 4.79 Å². The summed E-state index contributed by atoms with van der Waals surface area (Å²) in [5, 5.41) is 1.10. The van der Waals surface area contributed by atoms with Crippen molar-refractivity contribution in [3.05, 3.63) is 67.5 Å². The number of aromatic nitrogens is 3. The molecule has 0 atom stereocenters. The molecule has 1 aromatic carbocycles. The van der Waals surface area contributed by atoms with Crippen molar-refractivity contribution < 1.29 is 0 Å². The Balaban J connectivity index is 1.62. The van der Waals surface area contributed by atoms with Gasteiger partial charge in [-0.05, 0) is 20.3 Å². The predicted molar refractivity (Wildman–Crippen MR) is 99.7 cm³/mol. The zero-order chi connectivity index (χ0) is 17.4. The average molecular weight is 352 g/mol. The van der Waals surface area contributed by atoms with Crippen LogP contribution in [0, 0.1) is 13.8 Å². The number of aromatic amines is 1. The van der Waals surface area contributed by atoms with Crippen LogP contribution in [0.15, 0.2) is 35.1 Å². The monoisotopic (exact) mass is 352 g/mol. The third-order valence-corrected chi connectivity index (χ3v) is 5.62. The van der Waals surface area contributed by atoms with E-state index in [2.05, 4.69) is 21.8 Å². The molecule has 0 saturated heterocycles. The maximum Gasteiger partial charge on any atom is 0.254 e.